The molecule has 0 aliphatic carbocycles. The number of benzene rings is 1. The molecule has 0 N–H and O–H groups in total. The van der Waals surface area contributed by atoms with Crippen molar-refractivity contribution in [3.63, 3.8) is 0 Å². The van der Waals surface area contributed by atoms with Crippen LogP contribution in [0.15, 0.2) is 18.2 Å². The first-order chi connectivity index (χ1) is 7.20. The molecule has 1 saturated heterocycles. The summed E-state index contributed by atoms with van der Waals surface area (Å²) >= 11 is 0. The second kappa shape index (κ2) is 3.94. The maximum absolute atomic E-state index is 8.85. The van der Waals surface area contributed by atoms with E-state index in [-0.39, 0.29) is 0 Å². The van der Waals surface area contributed by atoms with Gasteiger partial charge in [0.25, 0.3) is 0 Å². The SMILES string of the molecule is Cc1cc(N2CCC(C)C2)ccc1C#N. The van der Waals surface area contributed by atoms with Gasteiger partial charge in [0.15, 0.2) is 0 Å². The summed E-state index contributed by atoms with van der Waals surface area (Å²) in [5.41, 5.74) is 3.12. The molecule has 1 atom stereocenters. The van der Waals surface area contributed by atoms with Gasteiger partial charge in [-0.1, -0.05) is 6.92 Å². The first-order valence-corrected chi connectivity index (χ1v) is 5.46. The second-order valence-electron chi connectivity index (χ2n) is 4.45. The topological polar surface area (TPSA) is 27.0 Å². The van der Waals surface area contributed by atoms with Crippen molar-refractivity contribution in [1.82, 2.24) is 0 Å². The van der Waals surface area contributed by atoms with Crippen molar-refractivity contribution in [2.24, 2.45) is 5.92 Å². The zero-order valence-electron chi connectivity index (χ0n) is 9.33. The molecule has 1 aliphatic rings. The van der Waals surface area contributed by atoms with Crippen molar-refractivity contribution in [2.45, 2.75) is 20.3 Å². The Hall–Kier alpha value is -1.49. The molecule has 1 aliphatic heterocycles. The molecule has 1 aromatic rings. The van der Waals surface area contributed by atoms with Gasteiger partial charge in [0, 0.05) is 18.8 Å². The largest absolute Gasteiger partial charge is 0.371 e. The van der Waals surface area contributed by atoms with Crippen LogP contribution in [-0.2, 0) is 0 Å². The molecule has 0 spiro atoms. The fourth-order valence-corrected chi connectivity index (χ4v) is 2.14. The van der Waals surface area contributed by atoms with E-state index in [4.69, 9.17) is 5.26 Å². The van der Waals surface area contributed by atoms with Gasteiger partial charge < -0.3 is 4.90 Å². The second-order valence-corrected chi connectivity index (χ2v) is 4.45. The molecule has 2 heteroatoms. The van der Waals surface area contributed by atoms with Crippen LogP contribution in [0.4, 0.5) is 5.69 Å². The molecule has 0 aromatic heterocycles. The molecule has 1 unspecified atom stereocenters. The molecule has 0 saturated carbocycles. The lowest BCUT2D eigenvalue weighted by molar-refractivity contribution is 0.659. The zero-order chi connectivity index (χ0) is 10.8. The first-order valence-electron chi connectivity index (χ1n) is 5.46. The van der Waals surface area contributed by atoms with E-state index < -0.39 is 0 Å². The fourth-order valence-electron chi connectivity index (χ4n) is 2.14. The molecule has 15 heavy (non-hydrogen) atoms. The third-order valence-corrected chi connectivity index (χ3v) is 3.12. The normalized spacial score (nSPS) is 20.3. The van der Waals surface area contributed by atoms with Crippen LogP contribution in [0.5, 0.6) is 0 Å². The van der Waals surface area contributed by atoms with Crippen LogP contribution in [0.3, 0.4) is 0 Å². The molecule has 1 heterocycles. The van der Waals surface area contributed by atoms with Gasteiger partial charge in [-0.2, -0.15) is 5.26 Å². The monoisotopic (exact) mass is 200 g/mol. The average Bonchev–Trinajstić information content (AvgIpc) is 2.65. The van der Waals surface area contributed by atoms with Crippen molar-refractivity contribution in [3.8, 4) is 6.07 Å². The molecule has 1 aromatic carbocycles. The Bertz CT molecular complexity index is 403. The average molecular weight is 200 g/mol. The van der Waals surface area contributed by atoms with Crippen LogP contribution < -0.4 is 4.90 Å². The predicted octanol–water partition coefficient (Wildman–Crippen LogP) is 2.71. The van der Waals surface area contributed by atoms with Crippen molar-refractivity contribution in [3.05, 3.63) is 29.3 Å². The Balaban J connectivity index is 2.24. The van der Waals surface area contributed by atoms with Gasteiger partial charge in [-0.3, -0.25) is 0 Å². The first kappa shape index (κ1) is 10.0. The van der Waals surface area contributed by atoms with Gasteiger partial charge >= 0.3 is 0 Å². The van der Waals surface area contributed by atoms with Crippen LogP contribution in [0.25, 0.3) is 0 Å². The van der Waals surface area contributed by atoms with E-state index >= 15 is 0 Å². The minimum Gasteiger partial charge on any atom is -0.371 e. The van der Waals surface area contributed by atoms with Crippen molar-refractivity contribution >= 4 is 5.69 Å². The van der Waals surface area contributed by atoms with Crippen molar-refractivity contribution in [2.75, 3.05) is 18.0 Å². The van der Waals surface area contributed by atoms with E-state index in [1.807, 2.05) is 13.0 Å². The molecule has 0 amide bonds. The molecule has 2 rings (SSSR count). The number of anilines is 1. The maximum Gasteiger partial charge on any atom is 0.0994 e. The van der Waals surface area contributed by atoms with Gasteiger partial charge in [0.1, 0.15) is 0 Å². The van der Waals surface area contributed by atoms with Crippen LogP contribution in [0.1, 0.15) is 24.5 Å². The standard InChI is InChI=1S/C13H16N2/c1-10-5-6-15(9-10)13-4-3-12(8-14)11(2)7-13/h3-4,7,10H,5-6,9H2,1-2H3. The Morgan fingerprint density at radius 3 is 2.80 bits per heavy atom. The van der Waals surface area contributed by atoms with E-state index in [1.165, 1.54) is 12.1 Å². The highest BCUT2D eigenvalue weighted by atomic mass is 15.1. The van der Waals surface area contributed by atoms with E-state index in [9.17, 15) is 0 Å². The van der Waals surface area contributed by atoms with Crippen LogP contribution in [0.2, 0.25) is 0 Å². The van der Waals surface area contributed by atoms with E-state index in [2.05, 4.69) is 30.0 Å². The van der Waals surface area contributed by atoms with Gasteiger partial charge in [-0.05, 0) is 43.0 Å². The molecule has 0 radical (unpaired) electrons. The van der Waals surface area contributed by atoms with Gasteiger partial charge in [0.05, 0.1) is 11.6 Å². The third kappa shape index (κ3) is 1.97. The van der Waals surface area contributed by atoms with E-state index in [1.54, 1.807) is 0 Å². The summed E-state index contributed by atoms with van der Waals surface area (Å²) in [5.74, 6) is 0.793. The Labute approximate surface area is 91.1 Å². The van der Waals surface area contributed by atoms with Crippen LogP contribution >= 0.6 is 0 Å². The fraction of sp³-hybridized carbons (Fsp3) is 0.462. The highest BCUT2D eigenvalue weighted by molar-refractivity contribution is 5.54. The smallest absolute Gasteiger partial charge is 0.0994 e. The summed E-state index contributed by atoms with van der Waals surface area (Å²) in [6.07, 6.45) is 1.28. The highest BCUT2D eigenvalue weighted by Gasteiger charge is 2.18. The Kier molecular flexibility index (Phi) is 2.64. The highest BCUT2D eigenvalue weighted by Crippen LogP contribution is 2.25. The number of nitrogens with zero attached hydrogens (tertiary/aromatic N) is 2. The van der Waals surface area contributed by atoms with E-state index in [0.717, 1.165) is 30.1 Å². The number of rotatable bonds is 1. The predicted molar refractivity (Wildman–Crippen MR) is 61.9 cm³/mol. The number of aryl methyl sites for hydroxylation is 1. The molecular weight excluding hydrogens is 184 g/mol. The minimum absolute atomic E-state index is 0.783. The molecule has 2 nitrogen and oxygen atoms in total. The van der Waals surface area contributed by atoms with Gasteiger partial charge in [-0.15, -0.1) is 0 Å². The Morgan fingerprint density at radius 1 is 1.47 bits per heavy atom. The summed E-state index contributed by atoms with van der Waals surface area (Å²) in [7, 11) is 0. The molecular formula is C13H16N2. The minimum atomic E-state index is 0.783. The third-order valence-electron chi connectivity index (χ3n) is 3.12. The maximum atomic E-state index is 8.85. The molecule has 78 valence electrons. The van der Waals surface area contributed by atoms with Crippen LogP contribution in [-0.4, -0.2) is 13.1 Å². The number of hydrogen-bond acceptors (Lipinski definition) is 2. The summed E-state index contributed by atoms with van der Waals surface area (Å²) in [6, 6.07) is 8.31. The van der Waals surface area contributed by atoms with Gasteiger partial charge in [-0.25, -0.2) is 0 Å². The van der Waals surface area contributed by atoms with E-state index in [0.29, 0.717) is 0 Å². The number of hydrogen-bond donors (Lipinski definition) is 0. The van der Waals surface area contributed by atoms with Gasteiger partial charge in [0.2, 0.25) is 0 Å². The zero-order valence-corrected chi connectivity index (χ0v) is 9.33. The molecule has 0 bridgehead atoms. The van der Waals surface area contributed by atoms with Crippen molar-refractivity contribution < 1.29 is 0 Å². The lowest BCUT2D eigenvalue weighted by Gasteiger charge is -2.18. The summed E-state index contributed by atoms with van der Waals surface area (Å²) < 4.78 is 0. The summed E-state index contributed by atoms with van der Waals surface area (Å²) in [4.78, 5) is 2.40. The summed E-state index contributed by atoms with van der Waals surface area (Å²) in [5, 5.41) is 8.85. The molecule has 1 fully saturated rings. The lowest BCUT2D eigenvalue weighted by Crippen LogP contribution is -2.19. The lowest BCUT2D eigenvalue weighted by atomic mass is 10.1. The quantitative estimate of drug-likeness (QED) is 0.697. The van der Waals surface area contributed by atoms with Crippen LogP contribution in [0, 0.1) is 24.2 Å². The number of nitriles is 1. The Morgan fingerprint density at radius 2 is 2.27 bits per heavy atom. The van der Waals surface area contributed by atoms with Crippen molar-refractivity contribution in [1.29, 1.82) is 5.26 Å². The summed E-state index contributed by atoms with van der Waals surface area (Å²) in [6.45, 7) is 6.58.